The zero-order valence-electron chi connectivity index (χ0n) is 10.3. The first-order valence-electron chi connectivity index (χ1n) is 5.79. The van der Waals surface area contributed by atoms with Crippen LogP contribution in [-0.2, 0) is 4.79 Å². The van der Waals surface area contributed by atoms with Gasteiger partial charge in [-0.15, -0.1) is 0 Å². The minimum atomic E-state index is -0.499. The summed E-state index contributed by atoms with van der Waals surface area (Å²) in [5.41, 5.74) is 1.18. The summed E-state index contributed by atoms with van der Waals surface area (Å²) in [6.07, 6.45) is 0. The SMILES string of the molecule is O=C(CNc1ccc(F)c(Cl)c1)Nc1cccc(Cl)c1. The molecule has 0 unspecified atom stereocenters. The Kier molecular flexibility index (Phi) is 4.82. The third-order valence-corrected chi connectivity index (χ3v) is 3.01. The van der Waals surface area contributed by atoms with Crippen LogP contribution in [0.15, 0.2) is 42.5 Å². The van der Waals surface area contributed by atoms with Crippen molar-refractivity contribution < 1.29 is 9.18 Å². The van der Waals surface area contributed by atoms with Gasteiger partial charge in [-0.3, -0.25) is 4.79 Å². The summed E-state index contributed by atoms with van der Waals surface area (Å²) < 4.78 is 13.0. The van der Waals surface area contributed by atoms with E-state index in [0.717, 1.165) is 0 Å². The van der Waals surface area contributed by atoms with Crippen molar-refractivity contribution in [3.8, 4) is 0 Å². The largest absolute Gasteiger partial charge is 0.376 e. The van der Waals surface area contributed by atoms with E-state index >= 15 is 0 Å². The minimum Gasteiger partial charge on any atom is -0.376 e. The maximum atomic E-state index is 13.0. The molecule has 0 aromatic heterocycles. The van der Waals surface area contributed by atoms with Crippen LogP contribution in [0.2, 0.25) is 10.0 Å². The summed E-state index contributed by atoms with van der Waals surface area (Å²) >= 11 is 11.5. The number of carbonyl (C=O) groups is 1. The summed E-state index contributed by atoms with van der Waals surface area (Å²) in [5, 5.41) is 6.08. The van der Waals surface area contributed by atoms with Crippen molar-refractivity contribution in [3.63, 3.8) is 0 Å². The Morgan fingerprint density at radius 1 is 1.10 bits per heavy atom. The highest BCUT2D eigenvalue weighted by Crippen LogP contribution is 2.19. The molecule has 104 valence electrons. The number of hydrogen-bond acceptors (Lipinski definition) is 2. The van der Waals surface area contributed by atoms with Gasteiger partial charge in [-0.1, -0.05) is 29.3 Å². The molecule has 2 aromatic carbocycles. The molecule has 0 atom stereocenters. The normalized spacial score (nSPS) is 10.2. The predicted molar refractivity (Wildman–Crippen MR) is 80.0 cm³/mol. The van der Waals surface area contributed by atoms with Crippen molar-refractivity contribution in [2.45, 2.75) is 0 Å². The van der Waals surface area contributed by atoms with Crippen molar-refractivity contribution >= 4 is 40.5 Å². The van der Waals surface area contributed by atoms with E-state index in [-0.39, 0.29) is 17.5 Å². The molecule has 2 rings (SSSR count). The number of hydrogen-bond donors (Lipinski definition) is 2. The van der Waals surface area contributed by atoms with Crippen molar-refractivity contribution in [1.29, 1.82) is 0 Å². The molecule has 0 radical (unpaired) electrons. The fourth-order valence-electron chi connectivity index (χ4n) is 1.56. The molecule has 0 heterocycles. The van der Waals surface area contributed by atoms with E-state index in [2.05, 4.69) is 10.6 Å². The van der Waals surface area contributed by atoms with E-state index in [0.29, 0.717) is 16.4 Å². The van der Waals surface area contributed by atoms with Crippen LogP contribution in [0.4, 0.5) is 15.8 Å². The van der Waals surface area contributed by atoms with Crippen molar-refractivity contribution in [1.82, 2.24) is 0 Å². The Hall–Kier alpha value is -1.78. The molecular formula is C14H11Cl2FN2O. The lowest BCUT2D eigenvalue weighted by atomic mass is 10.3. The van der Waals surface area contributed by atoms with E-state index in [4.69, 9.17) is 23.2 Å². The van der Waals surface area contributed by atoms with E-state index < -0.39 is 5.82 Å². The minimum absolute atomic E-state index is 0.00486. The standard InChI is InChI=1S/C14H11Cl2FN2O/c15-9-2-1-3-11(6-9)19-14(20)8-18-10-4-5-13(17)12(16)7-10/h1-7,18H,8H2,(H,19,20). The Labute approximate surface area is 125 Å². The fourth-order valence-corrected chi connectivity index (χ4v) is 1.93. The lowest BCUT2D eigenvalue weighted by Gasteiger charge is -2.08. The molecule has 2 aromatic rings. The van der Waals surface area contributed by atoms with Gasteiger partial charge < -0.3 is 10.6 Å². The van der Waals surface area contributed by atoms with Crippen LogP contribution in [0.3, 0.4) is 0 Å². The Morgan fingerprint density at radius 3 is 2.60 bits per heavy atom. The number of halogens is 3. The first kappa shape index (κ1) is 14.6. The zero-order chi connectivity index (χ0) is 14.5. The second kappa shape index (κ2) is 6.59. The van der Waals surface area contributed by atoms with Crippen molar-refractivity contribution in [3.05, 3.63) is 58.3 Å². The van der Waals surface area contributed by atoms with Gasteiger partial charge >= 0.3 is 0 Å². The molecule has 0 saturated carbocycles. The summed E-state index contributed by atoms with van der Waals surface area (Å²) in [6.45, 7) is 0.0362. The second-order valence-corrected chi connectivity index (χ2v) is 4.88. The molecule has 3 nitrogen and oxygen atoms in total. The molecule has 0 saturated heterocycles. The number of carbonyl (C=O) groups excluding carboxylic acids is 1. The molecule has 0 aliphatic rings. The quantitative estimate of drug-likeness (QED) is 0.889. The third kappa shape index (κ3) is 4.11. The first-order chi connectivity index (χ1) is 9.54. The average molecular weight is 313 g/mol. The van der Waals surface area contributed by atoms with E-state index in [1.807, 2.05) is 0 Å². The molecule has 0 fully saturated rings. The van der Waals surface area contributed by atoms with Crippen LogP contribution in [-0.4, -0.2) is 12.5 Å². The highest BCUT2D eigenvalue weighted by Gasteiger charge is 2.04. The van der Waals surface area contributed by atoms with Gasteiger partial charge in [-0.25, -0.2) is 4.39 Å². The lowest BCUT2D eigenvalue weighted by Crippen LogP contribution is -2.21. The smallest absolute Gasteiger partial charge is 0.243 e. The molecule has 20 heavy (non-hydrogen) atoms. The number of nitrogens with one attached hydrogen (secondary N) is 2. The molecular weight excluding hydrogens is 302 g/mol. The molecule has 2 N–H and O–H groups in total. The van der Waals surface area contributed by atoms with Crippen LogP contribution < -0.4 is 10.6 Å². The summed E-state index contributed by atoms with van der Waals surface area (Å²) in [4.78, 5) is 11.7. The molecule has 0 aliphatic carbocycles. The number of amides is 1. The molecule has 0 spiro atoms. The Balaban J connectivity index is 1.90. The van der Waals surface area contributed by atoms with Crippen molar-refractivity contribution in [2.75, 3.05) is 17.2 Å². The van der Waals surface area contributed by atoms with Crippen LogP contribution in [0.5, 0.6) is 0 Å². The third-order valence-electron chi connectivity index (χ3n) is 2.48. The van der Waals surface area contributed by atoms with Crippen LogP contribution in [0.25, 0.3) is 0 Å². The van der Waals surface area contributed by atoms with Gasteiger partial charge in [0.1, 0.15) is 5.82 Å². The van der Waals surface area contributed by atoms with Crippen LogP contribution >= 0.6 is 23.2 Å². The van der Waals surface area contributed by atoms with Gasteiger partial charge in [0.05, 0.1) is 11.6 Å². The van der Waals surface area contributed by atoms with E-state index in [1.165, 1.54) is 18.2 Å². The van der Waals surface area contributed by atoms with Gasteiger partial charge in [0.2, 0.25) is 5.91 Å². The summed E-state index contributed by atoms with van der Waals surface area (Å²) in [7, 11) is 0. The maximum absolute atomic E-state index is 13.0. The number of benzene rings is 2. The van der Waals surface area contributed by atoms with E-state index in [9.17, 15) is 9.18 Å². The van der Waals surface area contributed by atoms with Gasteiger partial charge in [-0.05, 0) is 36.4 Å². The molecule has 0 bridgehead atoms. The highest BCUT2D eigenvalue weighted by atomic mass is 35.5. The van der Waals surface area contributed by atoms with Gasteiger partial charge in [-0.2, -0.15) is 0 Å². The summed E-state index contributed by atoms with van der Waals surface area (Å²) in [5.74, 6) is -0.742. The van der Waals surface area contributed by atoms with Crippen LogP contribution in [0, 0.1) is 5.82 Å². The monoisotopic (exact) mass is 312 g/mol. The van der Waals surface area contributed by atoms with Crippen molar-refractivity contribution in [2.24, 2.45) is 0 Å². The van der Waals surface area contributed by atoms with E-state index in [1.54, 1.807) is 24.3 Å². The van der Waals surface area contributed by atoms with Crippen LogP contribution in [0.1, 0.15) is 0 Å². The van der Waals surface area contributed by atoms with Gasteiger partial charge in [0.15, 0.2) is 0 Å². The maximum Gasteiger partial charge on any atom is 0.243 e. The fraction of sp³-hybridized carbons (Fsp3) is 0.0714. The molecule has 0 aliphatic heterocycles. The first-order valence-corrected chi connectivity index (χ1v) is 6.54. The molecule has 6 heteroatoms. The van der Waals surface area contributed by atoms with Gasteiger partial charge in [0.25, 0.3) is 0 Å². The number of rotatable bonds is 4. The Bertz CT molecular complexity index is 634. The topological polar surface area (TPSA) is 41.1 Å². The summed E-state index contributed by atoms with van der Waals surface area (Å²) in [6, 6.07) is 11.0. The average Bonchev–Trinajstić information content (AvgIpc) is 2.40. The zero-order valence-corrected chi connectivity index (χ0v) is 11.8. The van der Waals surface area contributed by atoms with Gasteiger partial charge in [0, 0.05) is 16.4 Å². The second-order valence-electron chi connectivity index (χ2n) is 4.04. The lowest BCUT2D eigenvalue weighted by molar-refractivity contribution is -0.114. The number of anilines is 2. The predicted octanol–water partition coefficient (Wildman–Crippen LogP) is 4.18. The highest BCUT2D eigenvalue weighted by molar-refractivity contribution is 6.31. The molecule has 1 amide bonds. The Morgan fingerprint density at radius 2 is 1.90 bits per heavy atom.